The minimum Gasteiger partial charge on any atom is -0.308 e. The highest BCUT2D eigenvalue weighted by Gasteiger charge is 2.07. The summed E-state index contributed by atoms with van der Waals surface area (Å²) in [4.78, 5) is 0. The van der Waals surface area contributed by atoms with Crippen LogP contribution in [0.15, 0.2) is 42.6 Å². The van der Waals surface area contributed by atoms with E-state index in [4.69, 9.17) is 0 Å². The van der Waals surface area contributed by atoms with Crippen LogP contribution in [0.25, 0.3) is 0 Å². The summed E-state index contributed by atoms with van der Waals surface area (Å²) in [5.41, 5.74) is 2.49. The molecule has 0 aliphatic rings. The first-order valence-corrected chi connectivity index (χ1v) is 6.53. The molecule has 0 aliphatic heterocycles. The zero-order valence-electron chi connectivity index (χ0n) is 11.1. The zero-order valence-corrected chi connectivity index (χ0v) is 11.1. The van der Waals surface area contributed by atoms with Crippen LogP contribution < -0.4 is 5.32 Å². The van der Waals surface area contributed by atoms with Crippen molar-refractivity contribution >= 4 is 0 Å². The third kappa shape index (κ3) is 3.70. The number of rotatable bonds is 6. The number of hydrogen-bond donors (Lipinski definition) is 1. The van der Waals surface area contributed by atoms with Crippen molar-refractivity contribution in [3.63, 3.8) is 0 Å². The number of hydrogen-bond acceptors (Lipinski definition) is 2. The minimum absolute atomic E-state index is 0.509. The number of benzene rings is 1. The van der Waals surface area contributed by atoms with Crippen molar-refractivity contribution in [1.82, 2.24) is 15.1 Å². The van der Waals surface area contributed by atoms with Crippen LogP contribution in [0.3, 0.4) is 0 Å². The Kier molecular flexibility index (Phi) is 4.53. The Morgan fingerprint density at radius 2 is 2.00 bits per heavy atom. The lowest BCUT2D eigenvalue weighted by molar-refractivity contribution is 0.488. The van der Waals surface area contributed by atoms with Gasteiger partial charge in [0.25, 0.3) is 0 Å². The molecule has 1 atom stereocenters. The quantitative estimate of drug-likeness (QED) is 0.845. The molecule has 3 heteroatoms. The van der Waals surface area contributed by atoms with Gasteiger partial charge in [0.05, 0.1) is 5.69 Å². The van der Waals surface area contributed by atoms with E-state index in [1.54, 1.807) is 0 Å². The lowest BCUT2D eigenvalue weighted by Crippen LogP contribution is -2.30. The maximum absolute atomic E-state index is 4.38. The Morgan fingerprint density at radius 3 is 2.61 bits per heavy atom. The average molecular weight is 243 g/mol. The predicted octanol–water partition coefficient (Wildman–Crippen LogP) is 2.53. The van der Waals surface area contributed by atoms with Crippen molar-refractivity contribution in [1.29, 1.82) is 0 Å². The summed E-state index contributed by atoms with van der Waals surface area (Å²) < 4.78 is 1.84. The van der Waals surface area contributed by atoms with Crippen LogP contribution in [-0.2, 0) is 20.0 Å². The first-order valence-electron chi connectivity index (χ1n) is 6.53. The third-order valence-corrected chi connectivity index (χ3v) is 3.16. The van der Waals surface area contributed by atoms with Crippen LogP contribution in [0.2, 0.25) is 0 Å². The normalized spacial score (nSPS) is 12.6. The summed E-state index contributed by atoms with van der Waals surface area (Å²) in [6.07, 6.45) is 4.18. The van der Waals surface area contributed by atoms with Crippen LogP contribution >= 0.6 is 0 Å². The smallest absolute Gasteiger partial charge is 0.0762 e. The van der Waals surface area contributed by atoms with Crippen LogP contribution in [-0.4, -0.2) is 15.8 Å². The van der Waals surface area contributed by atoms with E-state index < -0.39 is 0 Å². The SMILES string of the molecule is CCC(Cc1ccccc1)NCc1ccn(C)n1. The van der Waals surface area contributed by atoms with E-state index in [0.29, 0.717) is 6.04 Å². The van der Waals surface area contributed by atoms with Gasteiger partial charge in [-0.2, -0.15) is 5.10 Å². The lowest BCUT2D eigenvalue weighted by Gasteiger charge is -2.16. The zero-order chi connectivity index (χ0) is 12.8. The van der Waals surface area contributed by atoms with Crippen molar-refractivity contribution in [2.45, 2.75) is 32.4 Å². The van der Waals surface area contributed by atoms with E-state index in [1.807, 2.05) is 17.9 Å². The van der Waals surface area contributed by atoms with Crippen molar-refractivity contribution in [2.75, 3.05) is 0 Å². The monoisotopic (exact) mass is 243 g/mol. The fourth-order valence-electron chi connectivity index (χ4n) is 2.07. The second-order valence-corrected chi connectivity index (χ2v) is 4.66. The third-order valence-electron chi connectivity index (χ3n) is 3.16. The average Bonchev–Trinajstić information content (AvgIpc) is 2.81. The van der Waals surface area contributed by atoms with Gasteiger partial charge in [0, 0.05) is 25.8 Å². The van der Waals surface area contributed by atoms with Gasteiger partial charge in [-0.05, 0) is 24.5 Å². The fourth-order valence-corrected chi connectivity index (χ4v) is 2.07. The van der Waals surface area contributed by atoms with E-state index in [1.165, 1.54) is 5.56 Å². The molecule has 1 N–H and O–H groups in total. The topological polar surface area (TPSA) is 29.9 Å². The second kappa shape index (κ2) is 6.36. The standard InChI is InChI=1S/C15H21N3/c1-3-14(11-13-7-5-4-6-8-13)16-12-15-9-10-18(2)17-15/h4-10,14,16H,3,11-12H2,1-2H3. The van der Waals surface area contributed by atoms with E-state index in [2.05, 4.69) is 53.7 Å². The van der Waals surface area contributed by atoms with Crippen LogP contribution in [0.5, 0.6) is 0 Å². The molecule has 1 aromatic carbocycles. The highest BCUT2D eigenvalue weighted by atomic mass is 15.3. The summed E-state index contributed by atoms with van der Waals surface area (Å²) in [5.74, 6) is 0. The van der Waals surface area contributed by atoms with Crippen molar-refractivity contribution in [3.8, 4) is 0 Å². The van der Waals surface area contributed by atoms with Crippen LogP contribution in [0.4, 0.5) is 0 Å². The van der Waals surface area contributed by atoms with Gasteiger partial charge in [-0.25, -0.2) is 0 Å². The molecule has 0 saturated carbocycles. The summed E-state index contributed by atoms with van der Waals surface area (Å²) in [6, 6.07) is 13.2. The van der Waals surface area contributed by atoms with Crippen molar-refractivity contribution in [2.24, 2.45) is 7.05 Å². The molecule has 3 nitrogen and oxygen atoms in total. The molecule has 0 radical (unpaired) electrons. The minimum atomic E-state index is 0.509. The summed E-state index contributed by atoms with van der Waals surface area (Å²) in [6.45, 7) is 3.06. The molecule has 18 heavy (non-hydrogen) atoms. The van der Waals surface area contributed by atoms with Gasteiger partial charge in [-0.1, -0.05) is 37.3 Å². The first kappa shape index (κ1) is 12.8. The van der Waals surface area contributed by atoms with E-state index >= 15 is 0 Å². The number of nitrogens with zero attached hydrogens (tertiary/aromatic N) is 2. The number of nitrogens with one attached hydrogen (secondary N) is 1. The summed E-state index contributed by atoms with van der Waals surface area (Å²) in [7, 11) is 1.95. The molecule has 2 rings (SSSR count). The Morgan fingerprint density at radius 1 is 1.22 bits per heavy atom. The molecule has 0 aliphatic carbocycles. The predicted molar refractivity (Wildman–Crippen MR) is 74.3 cm³/mol. The summed E-state index contributed by atoms with van der Waals surface area (Å²) in [5, 5.41) is 7.95. The van der Waals surface area contributed by atoms with Gasteiger partial charge in [0.1, 0.15) is 0 Å². The van der Waals surface area contributed by atoms with Crippen LogP contribution in [0.1, 0.15) is 24.6 Å². The summed E-state index contributed by atoms with van der Waals surface area (Å²) >= 11 is 0. The van der Waals surface area contributed by atoms with Crippen molar-refractivity contribution < 1.29 is 0 Å². The molecule has 0 saturated heterocycles. The van der Waals surface area contributed by atoms with Gasteiger partial charge in [0.15, 0.2) is 0 Å². The van der Waals surface area contributed by atoms with Gasteiger partial charge < -0.3 is 5.32 Å². The molecule has 0 spiro atoms. The molecular weight excluding hydrogens is 222 g/mol. The highest BCUT2D eigenvalue weighted by molar-refractivity contribution is 5.15. The molecule has 1 unspecified atom stereocenters. The maximum Gasteiger partial charge on any atom is 0.0762 e. The van der Waals surface area contributed by atoms with E-state index in [-0.39, 0.29) is 0 Å². The van der Waals surface area contributed by atoms with Gasteiger partial charge >= 0.3 is 0 Å². The van der Waals surface area contributed by atoms with Crippen molar-refractivity contribution in [3.05, 3.63) is 53.9 Å². The molecular formula is C15H21N3. The Hall–Kier alpha value is -1.61. The molecule has 0 bridgehead atoms. The number of aromatic nitrogens is 2. The fraction of sp³-hybridized carbons (Fsp3) is 0.400. The van der Waals surface area contributed by atoms with Gasteiger partial charge in [-0.3, -0.25) is 4.68 Å². The largest absolute Gasteiger partial charge is 0.308 e. The van der Waals surface area contributed by atoms with E-state index in [9.17, 15) is 0 Å². The maximum atomic E-state index is 4.38. The number of aryl methyl sites for hydroxylation is 1. The molecule has 2 aromatic rings. The van der Waals surface area contributed by atoms with Crippen LogP contribution in [0, 0.1) is 0 Å². The van der Waals surface area contributed by atoms with Gasteiger partial charge in [0.2, 0.25) is 0 Å². The lowest BCUT2D eigenvalue weighted by atomic mass is 10.0. The first-order chi connectivity index (χ1) is 8.78. The Balaban J connectivity index is 1.86. The molecule has 0 fully saturated rings. The molecule has 0 amide bonds. The second-order valence-electron chi connectivity index (χ2n) is 4.66. The Labute approximate surface area is 109 Å². The Bertz CT molecular complexity index is 462. The molecule has 1 aromatic heterocycles. The molecule has 1 heterocycles. The highest BCUT2D eigenvalue weighted by Crippen LogP contribution is 2.06. The molecule has 96 valence electrons. The van der Waals surface area contributed by atoms with Gasteiger partial charge in [-0.15, -0.1) is 0 Å². The van der Waals surface area contributed by atoms with E-state index in [0.717, 1.165) is 25.1 Å².